The van der Waals surface area contributed by atoms with Crippen molar-refractivity contribution in [1.82, 2.24) is 10.3 Å². The van der Waals surface area contributed by atoms with Crippen LogP contribution in [0.3, 0.4) is 0 Å². The minimum atomic E-state index is -0.0908. The number of nitrogens with zero attached hydrogens (tertiary/aromatic N) is 1. The number of nitrogens with one attached hydrogen (secondary N) is 1. The Balaban J connectivity index is 2.00. The molecule has 1 N–H and O–H groups in total. The second-order valence-corrected chi connectivity index (χ2v) is 4.39. The van der Waals surface area contributed by atoms with Crippen LogP contribution in [0.1, 0.15) is 18.5 Å². The van der Waals surface area contributed by atoms with Gasteiger partial charge < -0.3 is 10.1 Å². The molecule has 3 nitrogen and oxygen atoms in total. The minimum Gasteiger partial charge on any atom is -0.368 e. The van der Waals surface area contributed by atoms with Gasteiger partial charge in [0.1, 0.15) is 5.60 Å². The summed E-state index contributed by atoms with van der Waals surface area (Å²) in [5.74, 6) is 0.598. The first kappa shape index (κ1) is 9.31. The Morgan fingerprint density at radius 3 is 3.33 bits per heavy atom. The van der Waals surface area contributed by atoms with E-state index in [1.54, 1.807) is 0 Å². The van der Waals surface area contributed by atoms with Crippen LogP contribution in [0.15, 0.2) is 24.4 Å². The smallest absolute Gasteiger partial charge is 0.115 e. The average Bonchev–Trinajstić information content (AvgIpc) is 2.75. The number of pyridine rings is 1. The van der Waals surface area contributed by atoms with Gasteiger partial charge in [-0.2, -0.15) is 0 Å². The Morgan fingerprint density at radius 2 is 2.47 bits per heavy atom. The molecule has 2 fully saturated rings. The maximum Gasteiger partial charge on any atom is 0.115 e. The van der Waals surface area contributed by atoms with Gasteiger partial charge >= 0.3 is 0 Å². The summed E-state index contributed by atoms with van der Waals surface area (Å²) < 4.78 is 6.03. The summed E-state index contributed by atoms with van der Waals surface area (Å²) in [5, 5.41) is 3.44. The van der Waals surface area contributed by atoms with Crippen molar-refractivity contribution < 1.29 is 4.74 Å². The molecule has 0 aromatic carbocycles. The van der Waals surface area contributed by atoms with Crippen molar-refractivity contribution in [3.05, 3.63) is 30.1 Å². The van der Waals surface area contributed by atoms with Crippen LogP contribution in [0.4, 0.5) is 0 Å². The fourth-order valence-electron chi connectivity index (χ4n) is 2.85. The van der Waals surface area contributed by atoms with Gasteiger partial charge in [0.15, 0.2) is 0 Å². The highest BCUT2D eigenvalue weighted by Gasteiger charge is 2.47. The third-order valence-electron chi connectivity index (χ3n) is 3.65. The maximum atomic E-state index is 6.03. The van der Waals surface area contributed by atoms with Crippen LogP contribution in [0.5, 0.6) is 0 Å². The SMILES string of the molecule is c1ccc(C23CCNCC2CCO3)nc1. The highest BCUT2D eigenvalue weighted by molar-refractivity contribution is 5.18. The zero-order valence-corrected chi connectivity index (χ0v) is 8.78. The van der Waals surface area contributed by atoms with Crippen molar-refractivity contribution in [2.75, 3.05) is 19.7 Å². The predicted molar refractivity (Wildman–Crippen MR) is 57.5 cm³/mol. The molecule has 15 heavy (non-hydrogen) atoms. The molecule has 2 unspecified atom stereocenters. The lowest BCUT2D eigenvalue weighted by molar-refractivity contribution is -0.0477. The van der Waals surface area contributed by atoms with Crippen molar-refractivity contribution in [2.24, 2.45) is 5.92 Å². The van der Waals surface area contributed by atoms with Gasteiger partial charge in [-0.15, -0.1) is 0 Å². The van der Waals surface area contributed by atoms with Gasteiger partial charge in [0, 0.05) is 25.3 Å². The van der Waals surface area contributed by atoms with Crippen molar-refractivity contribution in [3.8, 4) is 0 Å². The van der Waals surface area contributed by atoms with Gasteiger partial charge in [0.2, 0.25) is 0 Å². The fraction of sp³-hybridized carbons (Fsp3) is 0.583. The van der Waals surface area contributed by atoms with Gasteiger partial charge in [-0.25, -0.2) is 0 Å². The molecular formula is C12H16N2O. The van der Waals surface area contributed by atoms with Gasteiger partial charge in [0.05, 0.1) is 5.69 Å². The lowest BCUT2D eigenvalue weighted by Crippen LogP contribution is -2.46. The largest absolute Gasteiger partial charge is 0.368 e. The molecule has 0 radical (unpaired) electrons. The van der Waals surface area contributed by atoms with Crippen LogP contribution in [0.25, 0.3) is 0 Å². The number of hydrogen-bond donors (Lipinski definition) is 1. The molecule has 0 spiro atoms. The Morgan fingerprint density at radius 1 is 1.47 bits per heavy atom. The number of ether oxygens (including phenoxy) is 1. The van der Waals surface area contributed by atoms with Crippen LogP contribution in [0.2, 0.25) is 0 Å². The molecule has 2 saturated heterocycles. The second-order valence-electron chi connectivity index (χ2n) is 4.39. The van der Waals surface area contributed by atoms with Crippen molar-refractivity contribution in [3.63, 3.8) is 0 Å². The van der Waals surface area contributed by atoms with Crippen molar-refractivity contribution in [1.29, 1.82) is 0 Å². The summed E-state index contributed by atoms with van der Waals surface area (Å²) in [5.41, 5.74) is 1.03. The molecule has 2 atom stereocenters. The topological polar surface area (TPSA) is 34.1 Å². The Hall–Kier alpha value is -0.930. The molecule has 3 heterocycles. The Kier molecular flexibility index (Phi) is 2.22. The molecule has 3 heteroatoms. The minimum absolute atomic E-state index is 0.0908. The third kappa shape index (κ3) is 1.38. The highest BCUT2D eigenvalue weighted by Crippen LogP contribution is 2.44. The van der Waals surface area contributed by atoms with E-state index in [2.05, 4.69) is 22.4 Å². The van der Waals surface area contributed by atoms with E-state index in [1.807, 2.05) is 12.3 Å². The Labute approximate surface area is 89.9 Å². The molecule has 0 bridgehead atoms. The van der Waals surface area contributed by atoms with Gasteiger partial charge in [0.25, 0.3) is 0 Å². The maximum absolute atomic E-state index is 6.03. The molecule has 2 aliphatic heterocycles. The molecule has 80 valence electrons. The van der Waals surface area contributed by atoms with Crippen LogP contribution in [0, 0.1) is 5.92 Å². The van der Waals surface area contributed by atoms with E-state index >= 15 is 0 Å². The Bertz CT molecular complexity index is 341. The molecular weight excluding hydrogens is 188 g/mol. The van der Waals surface area contributed by atoms with E-state index in [4.69, 9.17) is 4.74 Å². The average molecular weight is 204 g/mol. The first-order valence-electron chi connectivity index (χ1n) is 5.68. The lowest BCUT2D eigenvalue weighted by Gasteiger charge is -2.38. The van der Waals surface area contributed by atoms with E-state index < -0.39 is 0 Å². The van der Waals surface area contributed by atoms with E-state index in [-0.39, 0.29) is 5.60 Å². The lowest BCUT2D eigenvalue weighted by atomic mass is 9.79. The van der Waals surface area contributed by atoms with Crippen LogP contribution < -0.4 is 5.32 Å². The summed E-state index contributed by atoms with van der Waals surface area (Å²) in [4.78, 5) is 4.48. The van der Waals surface area contributed by atoms with E-state index in [0.29, 0.717) is 5.92 Å². The first-order chi connectivity index (χ1) is 7.42. The standard InChI is InChI=1S/C12H16N2O/c1-2-6-14-11(3-1)12-5-7-13-9-10(12)4-8-15-12/h1-3,6,10,13H,4-5,7-9H2. The number of fused-ring (bicyclic) bond motifs is 1. The van der Waals surface area contributed by atoms with Gasteiger partial charge in [-0.1, -0.05) is 6.07 Å². The monoisotopic (exact) mass is 204 g/mol. The van der Waals surface area contributed by atoms with E-state index in [9.17, 15) is 0 Å². The zero-order valence-electron chi connectivity index (χ0n) is 8.78. The molecule has 0 aliphatic carbocycles. The van der Waals surface area contributed by atoms with Crippen LogP contribution >= 0.6 is 0 Å². The number of aromatic nitrogens is 1. The highest BCUT2D eigenvalue weighted by atomic mass is 16.5. The van der Waals surface area contributed by atoms with E-state index in [1.165, 1.54) is 0 Å². The van der Waals surface area contributed by atoms with Crippen LogP contribution in [-0.2, 0) is 10.3 Å². The zero-order chi connectivity index (χ0) is 10.1. The van der Waals surface area contributed by atoms with E-state index in [0.717, 1.165) is 38.2 Å². The predicted octanol–water partition coefficient (Wildman–Crippen LogP) is 1.31. The molecule has 1 aromatic rings. The summed E-state index contributed by atoms with van der Waals surface area (Å²) in [6, 6.07) is 6.12. The summed E-state index contributed by atoms with van der Waals surface area (Å²) >= 11 is 0. The molecule has 3 rings (SSSR count). The normalized spacial score (nSPS) is 35.1. The second kappa shape index (κ2) is 3.58. The quantitative estimate of drug-likeness (QED) is 0.749. The third-order valence-corrected chi connectivity index (χ3v) is 3.65. The number of rotatable bonds is 1. The molecule has 0 amide bonds. The summed E-state index contributed by atoms with van der Waals surface area (Å²) in [6.07, 6.45) is 4.07. The number of hydrogen-bond acceptors (Lipinski definition) is 3. The van der Waals surface area contributed by atoms with Crippen molar-refractivity contribution >= 4 is 0 Å². The fourth-order valence-corrected chi connectivity index (χ4v) is 2.85. The van der Waals surface area contributed by atoms with Crippen molar-refractivity contribution in [2.45, 2.75) is 18.4 Å². The summed E-state index contributed by atoms with van der Waals surface area (Å²) in [7, 11) is 0. The van der Waals surface area contributed by atoms with Gasteiger partial charge in [-0.05, 0) is 31.5 Å². The molecule has 1 aromatic heterocycles. The number of piperidine rings is 1. The first-order valence-corrected chi connectivity index (χ1v) is 5.68. The van der Waals surface area contributed by atoms with Crippen LogP contribution in [-0.4, -0.2) is 24.7 Å². The van der Waals surface area contributed by atoms with Gasteiger partial charge in [-0.3, -0.25) is 4.98 Å². The molecule has 0 saturated carbocycles. The molecule has 2 aliphatic rings. The summed E-state index contributed by atoms with van der Waals surface area (Å²) in [6.45, 7) is 2.98.